The van der Waals surface area contributed by atoms with E-state index in [2.05, 4.69) is 42.2 Å². The summed E-state index contributed by atoms with van der Waals surface area (Å²) in [6.45, 7) is 1.80. The van der Waals surface area contributed by atoms with Gasteiger partial charge in [0.05, 0.1) is 26.5 Å². The molecule has 0 atom stereocenters. The van der Waals surface area contributed by atoms with Crippen LogP contribution in [0.25, 0.3) is 0 Å². The van der Waals surface area contributed by atoms with Crippen molar-refractivity contribution in [3.63, 3.8) is 0 Å². The molecule has 0 aliphatic carbocycles. The normalized spacial score (nSPS) is 10.6. The molecule has 0 bridgehead atoms. The minimum absolute atomic E-state index is 0.00179. The van der Waals surface area contributed by atoms with Crippen molar-refractivity contribution in [1.29, 1.82) is 0 Å². The number of hydrogen-bond donors (Lipinski definition) is 2. The lowest BCUT2D eigenvalue weighted by atomic mass is 10.2. The van der Waals surface area contributed by atoms with Gasteiger partial charge in [0.1, 0.15) is 17.5 Å². The predicted octanol–water partition coefficient (Wildman–Crippen LogP) is 4.52. The molecule has 3 nitrogen and oxygen atoms in total. The molecule has 0 unspecified atom stereocenters. The molecule has 2 rings (SSSR count). The summed E-state index contributed by atoms with van der Waals surface area (Å²) >= 11 is 6.23. The van der Waals surface area contributed by atoms with Crippen LogP contribution in [-0.4, -0.2) is 4.98 Å². The molecule has 1 heterocycles. The largest absolute Gasteiger partial charge is 0.397 e. The maximum atomic E-state index is 13.7. The first-order valence-electron chi connectivity index (χ1n) is 5.22. The molecule has 0 amide bonds. The number of nitrogens with one attached hydrogen (secondary N) is 1. The number of nitrogen functional groups attached to an aromatic ring is 1. The molecule has 2 aromatic rings. The molecule has 0 aliphatic rings. The van der Waals surface area contributed by atoms with Gasteiger partial charge in [0.2, 0.25) is 0 Å². The van der Waals surface area contributed by atoms with Gasteiger partial charge in [-0.15, -0.1) is 0 Å². The van der Waals surface area contributed by atoms with Gasteiger partial charge < -0.3 is 11.1 Å². The summed E-state index contributed by atoms with van der Waals surface area (Å²) in [5.41, 5.74) is 6.98. The van der Waals surface area contributed by atoms with Gasteiger partial charge in [-0.05, 0) is 50.4 Å². The number of nitrogens with two attached hydrogens (primary N) is 1. The van der Waals surface area contributed by atoms with E-state index < -0.39 is 11.6 Å². The maximum absolute atomic E-state index is 13.7. The number of hydrogen-bond acceptors (Lipinski definition) is 3. The molecule has 0 spiro atoms. The predicted molar refractivity (Wildman–Crippen MR) is 78.4 cm³/mol. The number of rotatable bonds is 2. The Bertz CT molecular complexity index is 647. The second-order valence-electron chi connectivity index (χ2n) is 3.87. The first kappa shape index (κ1) is 14.2. The van der Waals surface area contributed by atoms with Gasteiger partial charge in [-0.3, -0.25) is 0 Å². The third kappa shape index (κ3) is 2.87. The quantitative estimate of drug-likeness (QED) is 0.738. The summed E-state index contributed by atoms with van der Waals surface area (Å²) in [5, 5.41) is 2.73. The molecular formula is C12H9Br2F2N3. The zero-order chi connectivity index (χ0) is 14.2. The number of anilines is 3. The van der Waals surface area contributed by atoms with Crippen molar-refractivity contribution in [2.45, 2.75) is 6.92 Å². The molecule has 100 valence electrons. The van der Waals surface area contributed by atoms with E-state index in [1.54, 1.807) is 6.92 Å². The highest BCUT2D eigenvalue weighted by molar-refractivity contribution is 9.11. The fourth-order valence-corrected chi connectivity index (χ4v) is 2.17. The van der Waals surface area contributed by atoms with Gasteiger partial charge in [-0.25, -0.2) is 13.8 Å². The van der Waals surface area contributed by atoms with Crippen LogP contribution in [0.2, 0.25) is 0 Å². The standard InChI is InChI=1S/C12H9Br2F2N3/c1-5-9(17)4-18-12(11(5)14)19-10-3-7(15)6(13)2-8(10)16/h2-4H,17H2,1H3,(H,18,19). The molecular weight excluding hydrogens is 384 g/mol. The Morgan fingerprint density at radius 2 is 1.89 bits per heavy atom. The van der Waals surface area contributed by atoms with E-state index in [9.17, 15) is 8.78 Å². The molecule has 0 saturated carbocycles. The van der Waals surface area contributed by atoms with Crippen molar-refractivity contribution >= 4 is 49.1 Å². The van der Waals surface area contributed by atoms with Gasteiger partial charge >= 0.3 is 0 Å². The second-order valence-corrected chi connectivity index (χ2v) is 5.52. The number of halogens is 4. The molecule has 3 N–H and O–H groups in total. The van der Waals surface area contributed by atoms with E-state index in [-0.39, 0.29) is 10.2 Å². The molecule has 0 aliphatic heterocycles. The minimum atomic E-state index is -0.587. The van der Waals surface area contributed by atoms with E-state index in [1.165, 1.54) is 6.20 Å². The number of benzene rings is 1. The lowest BCUT2D eigenvalue weighted by molar-refractivity contribution is 0.597. The molecule has 0 radical (unpaired) electrons. The average Bonchev–Trinajstić information content (AvgIpc) is 2.36. The summed E-state index contributed by atoms with van der Waals surface area (Å²) in [6.07, 6.45) is 1.45. The summed E-state index contributed by atoms with van der Waals surface area (Å²) in [7, 11) is 0. The Kier molecular flexibility index (Phi) is 4.05. The van der Waals surface area contributed by atoms with Crippen molar-refractivity contribution in [1.82, 2.24) is 4.98 Å². The molecule has 1 aromatic heterocycles. The fraction of sp³-hybridized carbons (Fsp3) is 0.0833. The SMILES string of the molecule is Cc1c(N)cnc(Nc2cc(F)c(Br)cc2F)c1Br. The zero-order valence-corrected chi connectivity index (χ0v) is 12.9. The summed E-state index contributed by atoms with van der Waals surface area (Å²) in [5.74, 6) is -0.782. The third-order valence-corrected chi connectivity index (χ3v) is 4.14. The Morgan fingerprint density at radius 3 is 2.58 bits per heavy atom. The molecule has 19 heavy (non-hydrogen) atoms. The fourth-order valence-electron chi connectivity index (χ4n) is 1.42. The van der Waals surface area contributed by atoms with Crippen LogP contribution in [0.5, 0.6) is 0 Å². The topological polar surface area (TPSA) is 50.9 Å². The highest BCUT2D eigenvalue weighted by Gasteiger charge is 2.12. The minimum Gasteiger partial charge on any atom is -0.397 e. The van der Waals surface area contributed by atoms with Gasteiger partial charge in [-0.1, -0.05) is 0 Å². The van der Waals surface area contributed by atoms with Gasteiger partial charge in [-0.2, -0.15) is 0 Å². The molecule has 0 saturated heterocycles. The summed E-state index contributed by atoms with van der Waals surface area (Å²) in [6, 6.07) is 2.11. The maximum Gasteiger partial charge on any atom is 0.148 e. The van der Waals surface area contributed by atoms with Crippen LogP contribution in [0.4, 0.5) is 26.0 Å². The lowest BCUT2D eigenvalue weighted by Gasteiger charge is -2.12. The van der Waals surface area contributed by atoms with Crippen LogP contribution in [0.15, 0.2) is 27.3 Å². The van der Waals surface area contributed by atoms with E-state index in [1.807, 2.05) is 0 Å². The summed E-state index contributed by atoms with van der Waals surface area (Å²) < 4.78 is 27.8. The zero-order valence-electron chi connectivity index (χ0n) is 9.77. The van der Waals surface area contributed by atoms with Crippen LogP contribution in [0.3, 0.4) is 0 Å². The van der Waals surface area contributed by atoms with Crippen molar-refractivity contribution in [3.05, 3.63) is 44.5 Å². The molecule has 1 aromatic carbocycles. The number of nitrogens with zero attached hydrogens (tertiary/aromatic N) is 1. The van der Waals surface area contributed by atoms with Crippen LogP contribution >= 0.6 is 31.9 Å². The smallest absolute Gasteiger partial charge is 0.148 e. The van der Waals surface area contributed by atoms with Crippen molar-refractivity contribution in [3.8, 4) is 0 Å². The van der Waals surface area contributed by atoms with E-state index in [4.69, 9.17) is 5.73 Å². The second kappa shape index (κ2) is 5.42. The number of pyridine rings is 1. The Balaban J connectivity index is 2.42. The molecule has 7 heteroatoms. The summed E-state index contributed by atoms with van der Waals surface area (Å²) in [4.78, 5) is 4.04. The van der Waals surface area contributed by atoms with Crippen molar-refractivity contribution < 1.29 is 8.78 Å². The lowest BCUT2D eigenvalue weighted by Crippen LogP contribution is -2.01. The highest BCUT2D eigenvalue weighted by Crippen LogP contribution is 2.31. The van der Waals surface area contributed by atoms with Gasteiger partial charge in [0.15, 0.2) is 0 Å². The number of aromatic nitrogens is 1. The molecule has 0 fully saturated rings. The van der Waals surface area contributed by atoms with Crippen LogP contribution < -0.4 is 11.1 Å². The van der Waals surface area contributed by atoms with E-state index in [0.29, 0.717) is 16.0 Å². The third-order valence-electron chi connectivity index (χ3n) is 2.57. The monoisotopic (exact) mass is 391 g/mol. The van der Waals surface area contributed by atoms with Gasteiger partial charge in [0, 0.05) is 6.07 Å². The van der Waals surface area contributed by atoms with Crippen LogP contribution in [0, 0.1) is 18.6 Å². The van der Waals surface area contributed by atoms with Crippen LogP contribution in [-0.2, 0) is 0 Å². The van der Waals surface area contributed by atoms with Crippen LogP contribution in [0.1, 0.15) is 5.56 Å². The Hall–Kier alpha value is -1.21. The van der Waals surface area contributed by atoms with Crippen molar-refractivity contribution in [2.24, 2.45) is 0 Å². The van der Waals surface area contributed by atoms with E-state index in [0.717, 1.165) is 17.7 Å². The van der Waals surface area contributed by atoms with E-state index >= 15 is 0 Å². The first-order valence-corrected chi connectivity index (χ1v) is 6.81. The average molecular weight is 393 g/mol. The highest BCUT2D eigenvalue weighted by atomic mass is 79.9. The van der Waals surface area contributed by atoms with Crippen molar-refractivity contribution in [2.75, 3.05) is 11.1 Å². The Labute approximate surface area is 125 Å². The first-order chi connectivity index (χ1) is 8.90. The van der Waals surface area contributed by atoms with Gasteiger partial charge in [0.25, 0.3) is 0 Å². The Morgan fingerprint density at radius 1 is 1.21 bits per heavy atom.